The molecule has 192 valence electrons. The zero-order chi connectivity index (χ0) is 24.7. The molecule has 2 saturated heterocycles. The van der Waals surface area contributed by atoms with Crippen LogP contribution in [-0.2, 0) is 25.5 Å². The maximum absolute atomic E-state index is 13.3. The smallest absolute Gasteiger partial charge is 0.242 e. The fourth-order valence-corrected chi connectivity index (χ4v) is 4.96. The van der Waals surface area contributed by atoms with Crippen LogP contribution in [0.4, 0.5) is 0 Å². The van der Waals surface area contributed by atoms with Crippen molar-refractivity contribution < 1.29 is 28.6 Å². The van der Waals surface area contributed by atoms with Gasteiger partial charge in [-0.1, -0.05) is 12.5 Å². The molecule has 3 aliphatic heterocycles. The van der Waals surface area contributed by atoms with E-state index in [0.717, 1.165) is 37.0 Å². The highest BCUT2D eigenvalue weighted by Crippen LogP contribution is 2.38. The number of nitrogens with zero attached hydrogens (tertiary/aromatic N) is 1. The first-order valence-electron chi connectivity index (χ1n) is 12.8. The Hall–Kier alpha value is -2.81. The van der Waals surface area contributed by atoms with Gasteiger partial charge < -0.3 is 29.7 Å². The third kappa shape index (κ3) is 6.45. The van der Waals surface area contributed by atoms with Gasteiger partial charge in [0.15, 0.2) is 11.5 Å². The van der Waals surface area contributed by atoms with E-state index >= 15 is 0 Å². The molecule has 0 unspecified atom stereocenters. The van der Waals surface area contributed by atoms with Crippen LogP contribution in [0, 0.1) is 5.41 Å². The molecule has 4 rings (SSSR count). The minimum atomic E-state index is -0.612. The van der Waals surface area contributed by atoms with E-state index in [0.29, 0.717) is 64.7 Å². The number of amides is 3. The summed E-state index contributed by atoms with van der Waals surface area (Å²) in [7, 11) is 0. The first kappa shape index (κ1) is 25.3. The number of piperidine rings is 1. The summed E-state index contributed by atoms with van der Waals surface area (Å²) >= 11 is 0. The van der Waals surface area contributed by atoms with Crippen LogP contribution < -0.4 is 20.1 Å². The van der Waals surface area contributed by atoms with Gasteiger partial charge in [0, 0.05) is 32.7 Å². The lowest BCUT2D eigenvalue weighted by atomic mass is 9.73. The van der Waals surface area contributed by atoms with E-state index in [1.165, 1.54) is 0 Å². The Morgan fingerprint density at radius 2 is 1.77 bits per heavy atom. The van der Waals surface area contributed by atoms with E-state index in [-0.39, 0.29) is 24.1 Å². The number of carbonyl (C=O) groups is 3. The van der Waals surface area contributed by atoms with Crippen molar-refractivity contribution in [3.63, 3.8) is 0 Å². The van der Waals surface area contributed by atoms with E-state index in [1.54, 1.807) is 6.92 Å². The molecule has 2 N–H and O–H groups in total. The molecule has 3 amide bonds. The van der Waals surface area contributed by atoms with Crippen LogP contribution in [0.3, 0.4) is 0 Å². The van der Waals surface area contributed by atoms with Gasteiger partial charge in [-0.05, 0) is 50.3 Å². The van der Waals surface area contributed by atoms with E-state index in [1.807, 2.05) is 23.1 Å². The fraction of sp³-hybridized carbons (Fsp3) is 0.654. The van der Waals surface area contributed by atoms with Gasteiger partial charge in [-0.25, -0.2) is 0 Å². The van der Waals surface area contributed by atoms with Crippen LogP contribution in [-0.4, -0.2) is 74.7 Å². The Balaban J connectivity index is 1.38. The van der Waals surface area contributed by atoms with Crippen LogP contribution in [0.25, 0.3) is 0 Å². The summed E-state index contributed by atoms with van der Waals surface area (Å²) in [6.07, 6.45) is 4.75. The summed E-state index contributed by atoms with van der Waals surface area (Å²) in [5.74, 6) is 1.15. The number of nitrogens with one attached hydrogen (secondary N) is 2. The molecule has 0 saturated carbocycles. The van der Waals surface area contributed by atoms with Crippen molar-refractivity contribution >= 4 is 17.7 Å². The Kier molecular flexibility index (Phi) is 8.49. The molecule has 0 aliphatic carbocycles. The van der Waals surface area contributed by atoms with Gasteiger partial charge in [-0.2, -0.15) is 0 Å². The second-order valence-electron chi connectivity index (χ2n) is 9.73. The number of likely N-dealkylation sites (tertiary alicyclic amines) is 1. The van der Waals surface area contributed by atoms with E-state index in [9.17, 15) is 14.4 Å². The lowest BCUT2D eigenvalue weighted by Gasteiger charge is -2.41. The molecular formula is C26H37N3O6. The molecule has 9 nitrogen and oxygen atoms in total. The van der Waals surface area contributed by atoms with E-state index < -0.39 is 11.5 Å². The van der Waals surface area contributed by atoms with Crippen molar-refractivity contribution in [3.05, 3.63) is 23.8 Å². The van der Waals surface area contributed by atoms with Gasteiger partial charge in [0.1, 0.15) is 6.04 Å². The van der Waals surface area contributed by atoms with E-state index in [2.05, 4.69) is 10.6 Å². The van der Waals surface area contributed by atoms with Crippen molar-refractivity contribution in [1.82, 2.24) is 15.5 Å². The zero-order valence-corrected chi connectivity index (χ0v) is 20.6. The molecule has 3 heterocycles. The maximum atomic E-state index is 13.3. The predicted molar refractivity (Wildman–Crippen MR) is 129 cm³/mol. The molecule has 1 atom stereocenters. The van der Waals surface area contributed by atoms with E-state index in [4.69, 9.17) is 14.2 Å². The third-order valence-electron chi connectivity index (χ3n) is 7.20. The molecule has 0 aromatic heterocycles. The molecule has 2 fully saturated rings. The molecule has 1 aromatic carbocycles. The molecular weight excluding hydrogens is 450 g/mol. The normalized spacial score (nSPS) is 23.7. The van der Waals surface area contributed by atoms with Crippen molar-refractivity contribution in [2.24, 2.45) is 5.41 Å². The first-order valence-corrected chi connectivity index (χ1v) is 12.8. The zero-order valence-electron chi connectivity index (χ0n) is 20.6. The number of rotatable bonds is 2. The summed E-state index contributed by atoms with van der Waals surface area (Å²) < 4.78 is 17.0. The highest BCUT2D eigenvalue weighted by atomic mass is 16.5. The van der Waals surface area contributed by atoms with Crippen LogP contribution in [0.15, 0.2) is 18.2 Å². The van der Waals surface area contributed by atoms with Crippen LogP contribution in [0.1, 0.15) is 51.0 Å². The highest BCUT2D eigenvalue weighted by Gasteiger charge is 2.42. The average Bonchev–Trinajstić information content (AvgIpc) is 3.10. The topological polar surface area (TPSA) is 106 Å². The monoisotopic (exact) mass is 487 g/mol. The van der Waals surface area contributed by atoms with Gasteiger partial charge >= 0.3 is 0 Å². The Morgan fingerprint density at radius 1 is 1.00 bits per heavy atom. The first-order chi connectivity index (χ1) is 17.0. The summed E-state index contributed by atoms with van der Waals surface area (Å²) in [5, 5.41) is 5.73. The third-order valence-corrected chi connectivity index (χ3v) is 7.20. The second-order valence-corrected chi connectivity index (χ2v) is 9.73. The average molecular weight is 488 g/mol. The summed E-state index contributed by atoms with van der Waals surface area (Å²) in [5.41, 5.74) is 0.313. The second kappa shape index (κ2) is 11.7. The lowest BCUT2D eigenvalue weighted by molar-refractivity contribution is -0.142. The Morgan fingerprint density at radius 3 is 2.57 bits per heavy atom. The summed E-state index contributed by atoms with van der Waals surface area (Å²) in [4.78, 5) is 40.6. The molecule has 1 aromatic rings. The van der Waals surface area contributed by atoms with Gasteiger partial charge in [-0.15, -0.1) is 0 Å². The standard InChI is InChI=1S/C26H37N3O6/c1-19-24(31)27-10-16-33-13-3-2-7-26(25(32)28-19)8-11-29(12-9-26)23(30)18-20-5-6-21-22(17-20)35-15-4-14-34-21/h5-6,17,19H,2-4,7-16,18H2,1H3,(H,27,31)(H,28,32)/t19-/m0/s1. The van der Waals surface area contributed by atoms with Gasteiger partial charge in [0.05, 0.1) is 31.7 Å². The van der Waals surface area contributed by atoms with Gasteiger partial charge in [0.2, 0.25) is 17.7 Å². The molecule has 9 heteroatoms. The summed E-state index contributed by atoms with van der Waals surface area (Å²) in [6.45, 7) is 5.50. The molecule has 35 heavy (non-hydrogen) atoms. The van der Waals surface area contributed by atoms with Crippen LogP contribution in [0.2, 0.25) is 0 Å². The minimum Gasteiger partial charge on any atom is -0.490 e. The lowest BCUT2D eigenvalue weighted by Crippen LogP contribution is -2.54. The van der Waals surface area contributed by atoms with Crippen molar-refractivity contribution in [3.8, 4) is 11.5 Å². The number of ether oxygens (including phenoxy) is 3. The van der Waals surface area contributed by atoms with Crippen molar-refractivity contribution in [1.29, 1.82) is 0 Å². The number of hydrogen-bond acceptors (Lipinski definition) is 6. The van der Waals surface area contributed by atoms with Crippen LogP contribution in [0.5, 0.6) is 11.5 Å². The van der Waals surface area contributed by atoms with Crippen molar-refractivity contribution in [2.45, 2.75) is 57.9 Å². The highest BCUT2D eigenvalue weighted by molar-refractivity contribution is 5.90. The van der Waals surface area contributed by atoms with Gasteiger partial charge in [0.25, 0.3) is 0 Å². The Bertz CT molecular complexity index is 912. The van der Waals surface area contributed by atoms with Crippen molar-refractivity contribution in [2.75, 3.05) is 46.1 Å². The molecule has 0 radical (unpaired) electrons. The molecule has 3 aliphatic rings. The number of carbonyl (C=O) groups excluding carboxylic acids is 3. The molecule has 1 spiro atoms. The predicted octanol–water partition coefficient (Wildman–Crippen LogP) is 1.82. The number of benzene rings is 1. The fourth-order valence-electron chi connectivity index (χ4n) is 4.96. The summed E-state index contributed by atoms with van der Waals surface area (Å²) in [6, 6.07) is 5.06. The minimum absolute atomic E-state index is 0.0422. The van der Waals surface area contributed by atoms with Gasteiger partial charge in [-0.3, -0.25) is 14.4 Å². The largest absolute Gasteiger partial charge is 0.490 e. The quantitative estimate of drug-likeness (QED) is 0.659. The molecule has 0 bridgehead atoms. The van der Waals surface area contributed by atoms with Crippen LogP contribution >= 0.6 is 0 Å². The SMILES string of the molecule is C[C@@H]1NC(=O)C2(CCCCOCCNC1=O)CCN(C(=O)Cc1ccc3c(c1)OCCCO3)CC2. The Labute approximate surface area is 206 Å². The number of hydrogen-bond donors (Lipinski definition) is 2. The number of fused-ring (bicyclic) bond motifs is 1. The maximum Gasteiger partial charge on any atom is 0.242 e.